The molecule has 0 aliphatic heterocycles. The maximum absolute atomic E-state index is 4.33. The van der Waals surface area contributed by atoms with Crippen LogP contribution in [0.25, 0.3) is 5.69 Å². The average Bonchev–Trinajstić information content (AvgIpc) is 2.68. The van der Waals surface area contributed by atoms with Gasteiger partial charge in [-0.25, -0.2) is 4.68 Å². The summed E-state index contributed by atoms with van der Waals surface area (Å²) in [7, 11) is 0. The minimum Gasteiger partial charge on any atom is -0.241 e. The van der Waals surface area contributed by atoms with Crippen LogP contribution in [0, 0.1) is 6.92 Å². The lowest BCUT2D eigenvalue weighted by Gasteiger charge is -2.00. The van der Waals surface area contributed by atoms with E-state index in [0.29, 0.717) is 0 Å². The van der Waals surface area contributed by atoms with Gasteiger partial charge in [-0.3, -0.25) is 0 Å². The molecule has 15 heavy (non-hydrogen) atoms. The Hall–Kier alpha value is -1.09. The van der Waals surface area contributed by atoms with Crippen molar-refractivity contribution < 1.29 is 0 Å². The van der Waals surface area contributed by atoms with Crippen molar-refractivity contribution in [3.05, 3.63) is 47.8 Å². The lowest BCUT2D eigenvalue weighted by atomic mass is 10.2. The minimum absolute atomic E-state index is 0.979. The molecule has 0 aliphatic carbocycles. The van der Waals surface area contributed by atoms with E-state index in [1.165, 1.54) is 11.1 Å². The number of hydrogen-bond acceptors (Lipinski definition) is 1. The van der Waals surface area contributed by atoms with Gasteiger partial charge in [-0.2, -0.15) is 5.10 Å². The highest BCUT2D eigenvalue weighted by molar-refractivity contribution is 9.09. The third kappa shape index (κ3) is 2.48. The van der Waals surface area contributed by atoms with Crippen molar-refractivity contribution in [2.75, 3.05) is 5.33 Å². The Kier molecular flexibility index (Phi) is 3.21. The smallest absolute Gasteiger partial charge is 0.0645 e. The van der Waals surface area contributed by atoms with Crippen LogP contribution < -0.4 is 0 Å². The zero-order valence-corrected chi connectivity index (χ0v) is 10.2. The zero-order chi connectivity index (χ0) is 10.7. The number of rotatable bonds is 3. The van der Waals surface area contributed by atoms with Crippen LogP contribution >= 0.6 is 15.9 Å². The summed E-state index contributed by atoms with van der Waals surface area (Å²) >= 11 is 3.42. The summed E-state index contributed by atoms with van der Waals surface area (Å²) in [5.74, 6) is 0. The largest absolute Gasteiger partial charge is 0.241 e. The maximum Gasteiger partial charge on any atom is 0.0645 e. The van der Waals surface area contributed by atoms with Gasteiger partial charge in [0.05, 0.1) is 11.9 Å². The average molecular weight is 265 g/mol. The van der Waals surface area contributed by atoms with Gasteiger partial charge in [0.25, 0.3) is 0 Å². The summed E-state index contributed by atoms with van der Waals surface area (Å²) in [5, 5.41) is 5.31. The van der Waals surface area contributed by atoms with Crippen LogP contribution in [-0.2, 0) is 6.42 Å². The van der Waals surface area contributed by atoms with Crippen LogP contribution in [0.5, 0.6) is 0 Å². The Labute approximate surface area is 98.1 Å². The number of hydrogen-bond donors (Lipinski definition) is 0. The predicted molar refractivity (Wildman–Crippen MR) is 65.8 cm³/mol. The van der Waals surface area contributed by atoms with Crippen LogP contribution in [0.3, 0.4) is 0 Å². The molecular weight excluding hydrogens is 252 g/mol. The van der Waals surface area contributed by atoms with Crippen LogP contribution in [0.4, 0.5) is 0 Å². The molecule has 0 unspecified atom stereocenters. The van der Waals surface area contributed by atoms with Crippen molar-refractivity contribution in [1.82, 2.24) is 9.78 Å². The van der Waals surface area contributed by atoms with Gasteiger partial charge < -0.3 is 0 Å². The zero-order valence-electron chi connectivity index (χ0n) is 8.65. The molecule has 0 radical (unpaired) electrons. The van der Waals surface area contributed by atoms with E-state index >= 15 is 0 Å². The minimum atomic E-state index is 0.979. The fourth-order valence-corrected chi connectivity index (χ4v) is 1.89. The van der Waals surface area contributed by atoms with Gasteiger partial charge in [0, 0.05) is 11.5 Å². The molecule has 2 aromatic rings. The molecule has 2 nitrogen and oxygen atoms in total. The van der Waals surface area contributed by atoms with Gasteiger partial charge in [0.15, 0.2) is 0 Å². The third-order valence-electron chi connectivity index (χ3n) is 2.32. The van der Waals surface area contributed by atoms with Crippen LogP contribution in [0.15, 0.2) is 36.7 Å². The second-order valence-corrected chi connectivity index (χ2v) is 4.36. The molecule has 1 aromatic carbocycles. The summed E-state index contributed by atoms with van der Waals surface area (Å²) in [6, 6.07) is 8.36. The van der Waals surface area contributed by atoms with E-state index in [1.807, 2.05) is 10.9 Å². The van der Waals surface area contributed by atoms with Crippen LogP contribution in [-0.4, -0.2) is 15.1 Å². The Bertz CT molecular complexity index is 431. The van der Waals surface area contributed by atoms with E-state index in [1.54, 1.807) is 0 Å². The highest BCUT2D eigenvalue weighted by Crippen LogP contribution is 2.10. The van der Waals surface area contributed by atoms with E-state index in [-0.39, 0.29) is 0 Å². The Balaban J connectivity index is 2.25. The first-order valence-corrected chi connectivity index (χ1v) is 6.08. The van der Waals surface area contributed by atoms with Gasteiger partial charge in [-0.15, -0.1) is 0 Å². The number of nitrogens with zero attached hydrogens (tertiary/aromatic N) is 2. The van der Waals surface area contributed by atoms with Gasteiger partial charge >= 0.3 is 0 Å². The fourth-order valence-electron chi connectivity index (χ4n) is 1.44. The molecule has 78 valence electrons. The Morgan fingerprint density at radius 2 is 2.00 bits per heavy atom. The first-order valence-electron chi connectivity index (χ1n) is 4.96. The van der Waals surface area contributed by atoms with Gasteiger partial charge in [-0.1, -0.05) is 33.6 Å². The van der Waals surface area contributed by atoms with Crippen LogP contribution in [0.2, 0.25) is 0 Å². The summed E-state index contributed by atoms with van der Waals surface area (Å²) in [4.78, 5) is 0. The SMILES string of the molecule is Cc1ccc(-n2cc(CCBr)cn2)cc1. The van der Waals surface area contributed by atoms with Crippen molar-refractivity contribution in [1.29, 1.82) is 0 Å². The summed E-state index contributed by atoms with van der Waals surface area (Å²) in [6.07, 6.45) is 5.01. The topological polar surface area (TPSA) is 17.8 Å². The summed E-state index contributed by atoms with van der Waals surface area (Å²) < 4.78 is 1.91. The van der Waals surface area contributed by atoms with E-state index in [0.717, 1.165) is 17.4 Å². The second kappa shape index (κ2) is 4.62. The van der Waals surface area contributed by atoms with E-state index < -0.39 is 0 Å². The van der Waals surface area contributed by atoms with Crippen molar-refractivity contribution in [3.8, 4) is 5.69 Å². The molecule has 1 heterocycles. The standard InChI is InChI=1S/C12H13BrN2/c1-10-2-4-12(5-3-10)15-9-11(6-7-13)8-14-15/h2-5,8-9H,6-7H2,1H3. The van der Waals surface area contributed by atoms with E-state index in [9.17, 15) is 0 Å². The highest BCUT2D eigenvalue weighted by Gasteiger charge is 1.99. The van der Waals surface area contributed by atoms with Crippen molar-refractivity contribution in [2.45, 2.75) is 13.3 Å². The predicted octanol–water partition coefficient (Wildman–Crippen LogP) is 3.12. The fraction of sp³-hybridized carbons (Fsp3) is 0.250. The Morgan fingerprint density at radius 1 is 1.27 bits per heavy atom. The number of alkyl halides is 1. The van der Waals surface area contributed by atoms with Crippen LogP contribution in [0.1, 0.15) is 11.1 Å². The third-order valence-corrected chi connectivity index (χ3v) is 2.71. The quantitative estimate of drug-likeness (QED) is 0.780. The van der Waals surface area contributed by atoms with Gasteiger partial charge in [0.1, 0.15) is 0 Å². The van der Waals surface area contributed by atoms with Gasteiger partial charge in [0.2, 0.25) is 0 Å². The first-order chi connectivity index (χ1) is 7.29. The summed E-state index contributed by atoms with van der Waals surface area (Å²) in [5.41, 5.74) is 3.64. The van der Waals surface area contributed by atoms with E-state index in [2.05, 4.69) is 58.4 Å². The second-order valence-electron chi connectivity index (χ2n) is 3.57. The monoisotopic (exact) mass is 264 g/mol. The molecular formula is C12H13BrN2. The molecule has 0 bridgehead atoms. The maximum atomic E-state index is 4.33. The Morgan fingerprint density at radius 3 is 2.67 bits per heavy atom. The van der Waals surface area contributed by atoms with Crippen molar-refractivity contribution in [2.24, 2.45) is 0 Å². The molecule has 0 N–H and O–H groups in total. The molecule has 0 saturated carbocycles. The molecule has 0 spiro atoms. The van der Waals surface area contributed by atoms with Crippen molar-refractivity contribution in [3.63, 3.8) is 0 Å². The lowest BCUT2D eigenvalue weighted by Crippen LogP contribution is -1.93. The lowest BCUT2D eigenvalue weighted by molar-refractivity contribution is 0.879. The van der Waals surface area contributed by atoms with Gasteiger partial charge in [-0.05, 0) is 31.0 Å². The first kappa shape index (κ1) is 10.4. The molecule has 3 heteroatoms. The molecule has 0 aliphatic rings. The van der Waals surface area contributed by atoms with E-state index in [4.69, 9.17) is 0 Å². The number of aromatic nitrogens is 2. The molecule has 0 amide bonds. The molecule has 1 aromatic heterocycles. The summed E-state index contributed by atoms with van der Waals surface area (Å²) in [6.45, 7) is 2.09. The highest BCUT2D eigenvalue weighted by atomic mass is 79.9. The molecule has 0 saturated heterocycles. The number of aryl methyl sites for hydroxylation is 2. The molecule has 2 rings (SSSR count). The number of halogens is 1. The molecule has 0 fully saturated rings. The normalized spacial score (nSPS) is 10.5. The molecule has 0 atom stereocenters. The van der Waals surface area contributed by atoms with Crippen molar-refractivity contribution >= 4 is 15.9 Å². The number of benzene rings is 1.